The first-order chi connectivity index (χ1) is 14.4. The number of aromatic nitrogens is 1. The molecule has 1 aromatic heterocycles. The second-order valence-corrected chi connectivity index (χ2v) is 6.88. The molecule has 1 heterocycles. The second-order valence-electron chi connectivity index (χ2n) is 6.88. The minimum atomic E-state index is -0.464. The molecule has 2 amide bonds. The Morgan fingerprint density at radius 2 is 1.80 bits per heavy atom. The summed E-state index contributed by atoms with van der Waals surface area (Å²) in [7, 11) is 0. The van der Waals surface area contributed by atoms with Gasteiger partial charge < -0.3 is 15.2 Å². The summed E-state index contributed by atoms with van der Waals surface area (Å²) in [5.41, 5.74) is 2.48. The minimum absolute atomic E-state index is 0.0144. The molecule has 30 heavy (non-hydrogen) atoms. The fourth-order valence-electron chi connectivity index (χ4n) is 2.97. The summed E-state index contributed by atoms with van der Waals surface area (Å²) >= 11 is 0. The van der Waals surface area contributed by atoms with Gasteiger partial charge in [-0.3, -0.25) is 14.9 Å². The number of carbonyl (C=O) groups is 1. The number of rotatable bonds is 7. The van der Waals surface area contributed by atoms with Crippen LogP contribution in [0.15, 0.2) is 77.7 Å². The van der Waals surface area contributed by atoms with Crippen LogP contribution < -0.4 is 16.2 Å². The molecule has 0 bridgehead atoms. The topological polar surface area (TPSA) is 106 Å². The van der Waals surface area contributed by atoms with Crippen LogP contribution in [-0.4, -0.2) is 15.5 Å². The average molecular weight is 406 g/mol. The van der Waals surface area contributed by atoms with Gasteiger partial charge >= 0.3 is 6.03 Å². The average Bonchev–Trinajstić information content (AvgIpc) is 2.75. The Hall–Kier alpha value is -3.94. The summed E-state index contributed by atoms with van der Waals surface area (Å²) in [5.74, 6) is 0. The highest BCUT2D eigenvalue weighted by molar-refractivity contribution is 5.74. The summed E-state index contributed by atoms with van der Waals surface area (Å²) < 4.78 is 1.62. The lowest BCUT2D eigenvalue weighted by Gasteiger charge is -2.15. The minimum Gasteiger partial charge on any atom is -0.334 e. The molecular weight excluding hydrogens is 384 g/mol. The quantitative estimate of drug-likeness (QED) is 0.463. The highest BCUT2D eigenvalue weighted by atomic mass is 16.6. The van der Waals surface area contributed by atoms with Gasteiger partial charge in [0.2, 0.25) is 0 Å². The molecule has 8 heteroatoms. The molecule has 3 aromatic rings. The van der Waals surface area contributed by atoms with E-state index in [2.05, 4.69) is 10.6 Å². The third-order valence-corrected chi connectivity index (χ3v) is 4.66. The van der Waals surface area contributed by atoms with Gasteiger partial charge in [-0.25, -0.2) is 4.79 Å². The monoisotopic (exact) mass is 406 g/mol. The van der Waals surface area contributed by atoms with Gasteiger partial charge in [0.15, 0.2) is 0 Å². The van der Waals surface area contributed by atoms with E-state index in [1.54, 1.807) is 35.9 Å². The number of benzene rings is 2. The Morgan fingerprint density at radius 1 is 1.07 bits per heavy atom. The molecule has 0 aliphatic carbocycles. The smallest absolute Gasteiger partial charge is 0.315 e. The van der Waals surface area contributed by atoms with Crippen molar-refractivity contribution in [3.63, 3.8) is 0 Å². The number of amides is 2. The van der Waals surface area contributed by atoms with Gasteiger partial charge in [0, 0.05) is 30.9 Å². The maximum atomic E-state index is 12.2. The van der Waals surface area contributed by atoms with Crippen LogP contribution in [0.1, 0.15) is 29.7 Å². The van der Waals surface area contributed by atoms with Gasteiger partial charge in [0.1, 0.15) is 0 Å². The Kier molecular flexibility index (Phi) is 6.59. The number of nitrogens with one attached hydrogen (secondary N) is 2. The fraction of sp³-hybridized carbons (Fsp3) is 0.182. The number of non-ortho nitro benzene ring substituents is 1. The van der Waals surface area contributed by atoms with Crippen molar-refractivity contribution in [3.05, 3.63) is 110 Å². The number of nitrogens with zero attached hydrogens (tertiary/aromatic N) is 2. The number of carbonyl (C=O) groups excluding carboxylic acids is 1. The Labute approximate surface area is 173 Å². The van der Waals surface area contributed by atoms with Crippen LogP contribution in [0.3, 0.4) is 0 Å². The van der Waals surface area contributed by atoms with Crippen molar-refractivity contribution >= 4 is 11.7 Å². The highest BCUT2D eigenvalue weighted by Gasteiger charge is 2.13. The SMILES string of the molecule is CC(NC(=O)NCc1ccc(Cn2ccccc2=O)cc1)c1cccc([N+](=O)[O-])c1. The van der Waals surface area contributed by atoms with E-state index in [0.717, 1.165) is 11.1 Å². The molecule has 2 aromatic carbocycles. The molecule has 0 fully saturated rings. The fourth-order valence-corrected chi connectivity index (χ4v) is 2.97. The van der Waals surface area contributed by atoms with E-state index in [0.29, 0.717) is 18.7 Å². The number of nitro groups is 1. The predicted molar refractivity (Wildman–Crippen MR) is 113 cm³/mol. The maximum absolute atomic E-state index is 12.2. The summed E-state index contributed by atoms with van der Waals surface area (Å²) in [6.07, 6.45) is 1.74. The molecule has 154 valence electrons. The molecule has 0 saturated heterocycles. The lowest BCUT2D eigenvalue weighted by molar-refractivity contribution is -0.384. The molecule has 2 N–H and O–H groups in total. The standard InChI is InChI=1S/C22H22N4O4/c1-16(19-5-4-6-20(13-19)26(29)30)24-22(28)23-14-17-8-10-18(11-9-17)15-25-12-3-2-7-21(25)27/h2-13,16H,14-15H2,1H3,(H2,23,24,28). The van der Waals surface area contributed by atoms with Gasteiger partial charge in [-0.2, -0.15) is 0 Å². The summed E-state index contributed by atoms with van der Waals surface area (Å²) in [4.78, 5) is 34.4. The number of urea groups is 1. The summed E-state index contributed by atoms with van der Waals surface area (Å²) in [6, 6.07) is 18.1. The largest absolute Gasteiger partial charge is 0.334 e. The van der Waals surface area contributed by atoms with E-state index < -0.39 is 4.92 Å². The van der Waals surface area contributed by atoms with E-state index in [9.17, 15) is 19.7 Å². The van der Waals surface area contributed by atoms with Crippen molar-refractivity contribution in [2.75, 3.05) is 0 Å². The lowest BCUT2D eigenvalue weighted by Crippen LogP contribution is -2.36. The van der Waals surface area contributed by atoms with Crippen molar-refractivity contribution < 1.29 is 9.72 Å². The number of hydrogen-bond donors (Lipinski definition) is 2. The third kappa shape index (κ3) is 5.54. The van der Waals surface area contributed by atoms with Crippen LogP contribution in [-0.2, 0) is 13.1 Å². The van der Waals surface area contributed by atoms with Crippen molar-refractivity contribution in [1.29, 1.82) is 0 Å². The molecule has 0 spiro atoms. The Balaban J connectivity index is 1.52. The number of hydrogen-bond acceptors (Lipinski definition) is 4. The van der Waals surface area contributed by atoms with Gasteiger partial charge in [0.05, 0.1) is 17.5 Å². The van der Waals surface area contributed by atoms with Gasteiger partial charge in [-0.1, -0.05) is 42.5 Å². The van der Waals surface area contributed by atoms with Crippen LogP contribution in [0, 0.1) is 10.1 Å². The molecule has 0 aliphatic heterocycles. The molecule has 8 nitrogen and oxygen atoms in total. The Morgan fingerprint density at radius 3 is 2.50 bits per heavy atom. The summed E-state index contributed by atoms with van der Waals surface area (Å²) in [6.45, 7) is 2.58. The number of nitro benzene ring substituents is 1. The molecular formula is C22H22N4O4. The van der Waals surface area contributed by atoms with Crippen LogP contribution in [0.25, 0.3) is 0 Å². The molecule has 1 unspecified atom stereocenters. The van der Waals surface area contributed by atoms with E-state index >= 15 is 0 Å². The molecule has 0 aliphatic rings. The summed E-state index contributed by atoms with van der Waals surface area (Å²) in [5, 5.41) is 16.4. The van der Waals surface area contributed by atoms with Gasteiger partial charge in [-0.15, -0.1) is 0 Å². The van der Waals surface area contributed by atoms with Crippen molar-refractivity contribution in [2.45, 2.75) is 26.1 Å². The maximum Gasteiger partial charge on any atom is 0.315 e. The zero-order chi connectivity index (χ0) is 21.5. The third-order valence-electron chi connectivity index (χ3n) is 4.66. The van der Waals surface area contributed by atoms with E-state index in [1.807, 2.05) is 30.3 Å². The zero-order valence-electron chi connectivity index (χ0n) is 16.4. The van der Waals surface area contributed by atoms with Crippen LogP contribution >= 0.6 is 0 Å². The van der Waals surface area contributed by atoms with Crippen LogP contribution in [0.5, 0.6) is 0 Å². The first-order valence-corrected chi connectivity index (χ1v) is 9.44. The van der Waals surface area contributed by atoms with Crippen molar-refractivity contribution in [1.82, 2.24) is 15.2 Å². The Bertz CT molecular complexity index is 1090. The van der Waals surface area contributed by atoms with Crippen LogP contribution in [0.4, 0.5) is 10.5 Å². The van der Waals surface area contributed by atoms with Crippen molar-refractivity contribution in [3.8, 4) is 0 Å². The second kappa shape index (κ2) is 9.51. The molecule has 0 saturated carbocycles. The lowest BCUT2D eigenvalue weighted by atomic mass is 10.1. The van der Waals surface area contributed by atoms with Gasteiger partial charge in [-0.05, 0) is 29.7 Å². The van der Waals surface area contributed by atoms with E-state index in [1.165, 1.54) is 18.2 Å². The van der Waals surface area contributed by atoms with Crippen molar-refractivity contribution in [2.24, 2.45) is 0 Å². The van der Waals surface area contributed by atoms with Crippen LogP contribution in [0.2, 0.25) is 0 Å². The molecule has 3 rings (SSSR count). The molecule has 0 radical (unpaired) electrons. The van der Waals surface area contributed by atoms with E-state index in [4.69, 9.17) is 0 Å². The first-order valence-electron chi connectivity index (χ1n) is 9.44. The zero-order valence-corrected chi connectivity index (χ0v) is 16.4. The normalized spacial score (nSPS) is 11.5. The van der Waals surface area contributed by atoms with E-state index in [-0.39, 0.29) is 23.3 Å². The molecule has 1 atom stereocenters. The highest BCUT2D eigenvalue weighted by Crippen LogP contribution is 2.18. The predicted octanol–water partition coefficient (Wildman–Crippen LogP) is 3.37. The van der Waals surface area contributed by atoms with Gasteiger partial charge in [0.25, 0.3) is 11.2 Å². The number of pyridine rings is 1. The first kappa shape index (κ1) is 20.8.